The van der Waals surface area contributed by atoms with Crippen molar-refractivity contribution in [2.75, 3.05) is 24.7 Å². The zero-order valence-electron chi connectivity index (χ0n) is 18.6. The Hall–Kier alpha value is -3.65. The molecule has 176 valence electrons. The third-order valence-electron chi connectivity index (χ3n) is 5.46. The maximum Gasteiger partial charge on any atom is 0.245 e. The minimum Gasteiger partial charge on any atom is -0.486 e. The van der Waals surface area contributed by atoms with E-state index in [1.165, 1.54) is 11.8 Å². The summed E-state index contributed by atoms with van der Waals surface area (Å²) in [5, 5.41) is -1.39. The van der Waals surface area contributed by atoms with E-state index in [1.54, 1.807) is 24.3 Å². The second-order valence-corrected chi connectivity index (χ2v) is 10.00. The Bertz CT molecular complexity index is 1290. The average molecular weight is 482 g/mol. The van der Waals surface area contributed by atoms with Gasteiger partial charge in [-0.2, -0.15) is 0 Å². The zero-order valence-corrected chi connectivity index (χ0v) is 19.4. The van der Waals surface area contributed by atoms with Gasteiger partial charge in [-0.25, -0.2) is 12.8 Å². The van der Waals surface area contributed by atoms with Crippen molar-refractivity contribution >= 4 is 27.5 Å². The van der Waals surface area contributed by atoms with Crippen molar-refractivity contribution in [3.8, 4) is 11.5 Å². The first-order valence-electron chi connectivity index (χ1n) is 10.8. The molecule has 0 saturated heterocycles. The number of ether oxygens (including phenoxy) is 2. The van der Waals surface area contributed by atoms with E-state index in [0.717, 1.165) is 29.8 Å². The van der Waals surface area contributed by atoms with E-state index in [2.05, 4.69) is 0 Å². The summed E-state index contributed by atoms with van der Waals surface area (Å²) in [6.07, 6.45) is 3.65. The normalized spacial score (nSPS) is 14.1. The number of carbonyl (C=O) groups excluding carboxylic acids is 1. The van der Waals surface area contributed by atoms with Crippen LogP contribution in [0.1, 0.15) is 12.5 Å². The molecule has 0 aromatic heterocycles. The highest BCUT2D eigenvalue weighted by molar-refractivity contribution is 7.92. The van der Waals surface area contributed by atoms with E-state index in [1.807, 2.05) is 36.4 Å². The standard InChI is InChI=1S/C26H24FNO5S/c1-19(34(30,31)23-12-9-21(27)10-13-23)26(29)28(15-5-8-20-6-3-2-4-7-20)22-11-14-24-25(18-22)33-17-16-32-24/h2-14,18-19H,15-17H2,1H3/b8-5+. The van der Waals surface area contributed by atoms with E-state index < -0.39 is 26.8 Å². The summed E-state index contributed by atoms with van der Waals surface area (Å²) in [5.74, 6) is -0.113. The molecule has 6 nitrogen and oxygen atoms in total. The number of rotatable bonds is 7. The lowest BCUT2D eigenvalue weighted by molar-refractivity contribution is -0.117. The van der Waals surface area contributed by atoms with E-state index in [4.69, 9.17) is 9.47 Å². The smallest absolute Gasteiger partial charge is 0.245 e. The number of hydrogen-bond donors (Lipinski definition) is 0. The van der Waals surface area contributed by atoms with Gasteiger partial charge in [-0.1, -0.05) is 42.5 Å². The van der Waals surface area contributed by atoms with E-state index >= 15 is 0 Å². The van der Waals surface area contributed by atoms with Crippen LogP contribution in [0.15, 0.2) is 83.8 Å². The lowest BCUT2D eigenvalue weighted by Gasteiger charge is -2.27. The second kappa shape index (κ2) is 10.1. The molecule has 3 aromatic carbocycles. The summed E-state index contributed by atoms with van der Waals surface area (Å²) in [6, 6.07) is 19.1. The summed E-state index contributed by atoms with van der Waals surface area (Å²) in [4.78, 5) is 14.8. The molecule has 1 heterocycles. The first-order chi connectivity index (χ1) is 16.4. The Labute approximate surface area is 198 Å². The molecule has 1 aliphatic heterocycles. The monoisotopic (exact) mass is 481 g/mol. The van der Waals surface area contributed by atoms with Gasteiger partial charge in [-0.15, -0.1) is 0 Å². The molecule has 4 rings (SSSR count). The number of amides is 1. The molecule has 3 aromatic rings. The maximum atomic E-state index is 13.5. The van der Waals surface area contributed by atoms with Gasteiger partial charge in [0, 0.05) is 18.3 Å². The maximum absolute atomic E-state index is 13.5. The van der Waals surface area contributed by atoms with Crippen LogP contribution in [0.25, 0.3) is 6.08 Å². The van der Waals surface area contributed by atoms with Crippen LogP contribution in [-0.4, -0.2) is 39.3 Å². The number of nitrogens with zero attached hydrogens (tertiary/aromatic N) is 1. The van der Waals surface area contributed by atoms with E-state index in [0.29, 0.717) is 30.4 Å². The molecule has 0 bridgehead atoms. The zero-order chi connectivity index (χ0) is 24.1. The van der Waals surface area contributed by atoms with Crippen molar-refractivity contribution in [3.05, 3.63) is 90.3 Å². The molecule has 0 radical (unpaired) electrons. The summed E-state index contributed by atoms with van der Waals surface area (Å²) in [7, 11) is -4.04. The van der Waals surface area contributed by atoms with Crippen LogP contribution >= 0.6 is 0 Å². The minimum atomic E-state index is -4.04. The molecule has 0 spiro atoms. The minimum absolute atomic E-state index is 0.114. The van der Waals surface area contributed by atoms with E-state index in [9.17, 15) is 17.6 Å². The van der Waals surface area contributed by atoms with Crippen LogP contribution in [0.2, 0.25) is 0 Å². The fourth-order valence-corrected chi connectivity index (χ4v) is 4.88. The van der Waals surface area contributed by atoms with Gasteiger partial charge in [0.15, 0.2) is 21.3 Å². The van der Waals surface area contributed by atoms with Gasteiger partial charge in [0.25, 0.3) is 0 Å². The molecule has 1 aliphatic rings. The number of sulfone groups is 1. The first kappa shape index (κ1) is 23.5. The summed E-state index contributed by atoms with van der Waals surface area (Å²) >= 11 is 0. The average Bonchev–Trinajstić information content (AvgIpc) is 2.86. The number of halogens is 1. The fourth-order valence-electron chi connectivity index (χ4n) is 3.56. The van der Waals surface area contributed by atoms with Gasteiger partial charge < -0.3 is 14.4 Å². The van der Waals surface area contributed by atoms with Crippen LogP contribution < -0.4 is 14.4 Å². The van der Waals surface area contributed by atoms with Crippen LogP contribution in [0, 0.1) is 5.82 Å². The van der Waals surface area contributed by atoms with Gasteiger partial charge in [0.2, 0.25) is 5.91 Å². The Morgan fingerprint density at radius 2 is 1.68 bits per heavy atom. The number of anilines is 1. The molecule has 0 N–H and O–H groups in total. The molecule has 0 fully saturated rings. The molecular weight excluding hydrogens is 457 g/mol. The first-order valence-corrected chi connectivity index (χ1v) is 12.3. The van der Waals surface area contributed by atoms with Crippen molar-refractivity contribution in [1.29, 1.82) is 0 Å². The van der Waals surface area contributed by atoms with Crippen molar-refractivity contribution in [3.63, 3.8) is 0 Å². The third-order valence-corrected chi connectivity index (χ3v) is 7.52. The van der Waals surface area contributed by atoms with Crippen molar-refractivity contribution in [2.45, 2.75) is 17.1 Å². The Morgan fingerprint density at radius 1 is 1.00 bits per heavy atom. The summed E-state index contributed by atoms with van der Waals surface area (Å²) in [6.45, 7) is 2.29. The third kappa shape index (κ3) is 5.12. The highest BCUT2D eigenvalue weighted by atomic mass is 32.2. The predicted molar refractivity (Wildman–Crippen MR) is 128 cm³/mol. The van der Waals surface area contributed by atoms with Crippen molar-refractivity contribution in [1.82, 2.24) is 0 Å². The Balaban J connectivity index is 1.65. The van der Waals surface area contributed by atoms with Gasteiger partial charge >= 0.3 is 0 Å². The van der Waals surface area contributed by atoms with Crippen LogP contribution in [-0.2, 0) is 14.6 Å². The van der Waals surface area contributed by atoms with Crippen molar-refractivity contribution in [2.24, 2.45) is 0 Å². The molecule has 8 heteroatoms. The lowest BCUT2D eigenvalue weighted by atomic mass is 10.2. The SMILES string of the molecule is CC(C(=O)N(C/C=C/c1ccccc1)c1ccc2c(c1)OCCO2)S(=O)(=O)c1ccc(F)cc1. The van der Waals surface area contributed by atoms with Gasteiger partial charge in [-0.05, 0) is 48.9 Å². The molecule has 1 atom stereocenters. The molecule has 1 amide bonds. The number of hydrogen-bond acceptors (Lipinski definition) is 5. The number of fused-ring (bicyclic) bond motifs is 1. The quantitative estimate of drug-likeness (QED) is 0.465. The van der Waals surface area contributed by atoms with Gasteiger partial charge in [-0.3, -0.25) is 4.79 Å². The summed E-state index contributed by atoms with van der Waals surface area (Å²) in [5.41, 5.74) is 1.43. The topological polar surface area (TPSA) is 72.9 Å². The lowest BCUT2D eigenvalue weighted by Crippen LogP contribution is -2.42. The molecule has 0 aliphatic carbocycles. The number of carbonyl (C=O) groups is 1. The van der Waals surface area contributed by atoms with Gasteiger partial charge in [0.05, 0.1) is 4.90 Å². The predicted octanol–water partition coefficient (Wildman–Crippen LogP) is 4.51. The Kier molecular flexibility index (Phi) is 6.98. The highest BCUT2D eigenvalue weighted by Gasteiger charge is 2.34. The van der Waals surface area contributed by atoms with Crippen LogP contribution in [0.3, 0.4) is 0 Å². The van der Waals surface area contributed by atoms with Crippen LogP contribution in [0.4, 0.5) is 10.1 Å². The molecule has 0 saturated carbocycles. The largest absolute Gasteiger partial charge is 0.486 e. The molecule has 1 unspecified atom stereocenters. The Morgan fingerprint density at radius 3 is 2.38 bits per heavy atom. The number of benzene rings is 3. The second-order valence-electron chi connectivity index (χ2n) is 7.73. The van der Waals surface area contributed by atoms with E-state index in [-0.39, 0.29) is 11.4 Å². The molecule has 34 heavy (non-hydrogen) atoms. The molecular formula is C26H24FNO5S. The highest BCUT2D eigenvalue weighted by Crippen LogP contribution is 2.34. The van der Waals surface area contributed by atoms with Crippen LogP contribution in [0.5, 0.6) is 11.5 Å². The fraction of sp³-hybridized carbons (Fsp3) is 0.192. The van der Waals surface area contributed by atoms with Crippen molar-refractivity contribution < 1.29 is 27.1 Å². The summed E-state index contributed by atoms with van der Waals surface area (Å²) < 4.78 is 50.7. The van der Waals surface area contributed by atoms with Gasteiger partial charge in [0.1, 0.15) is 24.3 Å².